The summed E-state index contributed by atoms with van der Waals surface area (Å²) in [5.41, 5.74) is 2.02. The van der Waals surface area contributed by atoms with Crippen molar-refractivity contribution in [3.63, 3.8) is 0 Å². The predicted molar refractivity (Wildman–Crippen MR) is 101 cm³/mol. The van der Waals surface area contributed by atoms with Crippen LogP contribution in [0.1, 0.15) is 49.3 Å². The number of piperidine rings is 1. The minimum Gasteiger partial charge on any atom is -0.381 e. The predicted octanol–water partition coefficient (Wildman–Crippen LogP) is 3.43. The normalized spacial score (nSPS) is 24.6. The maximum atomic E-state index is 12.8. The van der Waals surface area contributed by atoms with Gasteiger partial charge in [0, 0.05) is 13.2 Å². The number of ether oxygens (including phenoxy) is 1. The molecule has 2 saturated heterocycles. The highest BCUT2D eigenvalue weighted by atomic mass is 19.4. The fraction of sp³-hybridized carbons (Fsp3) is 0.619. The zero-order valence-electron chi connectivity index (χ0n) is 16.4. The van der Waals surface area contributed by atoms with Crippen LogP contribution in [-0.2, 0) is 14.3 Å². The fourth-order valence-corrected chi connectivity index (χ4v) is 3.97. The van der Waals surface area contributed by atoms with Crippen LogP contribution >= 0.6 is 0 Å². The minimum atomic E-state index is -4.50. The molecule has 3 unspecified atom stereocenters. The van der Waals surface area contributed by atoms with Crippen LogP contribution in [0.15, 0.2) is 24.3 Å². The number of halogens is 3. The molecular formula is C21H27F3N2O3. The Hall–Kier alpha value is -2.09. The summed E-state index contributed by atoms with van der Waals surface area (Å²) >= 11 is 0. The monoisotopic (exact) mass is 412 g/mol. The molecule has 2 N–H and O–H groups in total. The van der Waals surface area contributed by atoms with E-state index in [0.29, 0.717) is 25.6 Å². The maximum Gasteiger partial charge on any atom is 0.408 e. The summed E-state index contributed by atoms with van der Waals surface area (Å²) in [5.74, 6) is -2.09. The van der Waals surface area contributed by atoms with Crippen LogP contribution in [0, 0.1) is 18.8 Å². The van der Waals surface area contributed by atoms with Gasteiger partial charge in [-0.3, -0.25) is 9.59 Å². The van der Waals surface area contributed by atoms with Crippen molar-refractivity contribution in [2.24, 2.45) is 11.8 Å². The second kappa shape index (κ2) is 9.15. The summed E-state index contributed by atoms with van der Waals surface area (Å²) in [5, 5.41) is 4.88. The lowest BCUT2D eigenvalue weighted by Gasteiger charge is -2.32. The minimum absolute atomic E-state index is 0.111. The van der Waals surface area contributed by atoms with Gasteiger partial charge in [0.2, 0.25) is 11.8 Å². The van der Waals surface area contributed by atoms with Crippen molar-refractivity contribution >= 4 is 11.8 Å². The molecule has 3 rings (SSSR count). The van der Waals surface area contributed by atoms with Crippen LogP contribution in [0.5, 0.6) is 0 Å². The molecule has 2 aliphatic heterocycles. The molecule has 2 amide bonds. The maximum absolute atomic E-state index is 12.8. The van der Waals surface area contributed by atoms with Crippen molar-refractivity contribution in [2.45, 2.75) is 57.3 Å². The number of hydrogen-bond acceptors (Lipinski definition) is 3. The lowest BCUT2D eigenvalue weighted by Crippen LogP contribution is -2.54. The number of hydrogen-bond donors (Lipinski definition) is 2. The molecule has 3 atom stereocenters. The van der Waals surface area contributed by atoms with E-state index in [1.165, 1.54) is 0 Å². The Morgan fingerprint density at radius 2 is 1.83 bits per heavy atom. The first kappa shape index (κ1) is 21.6. The lowest BCUT2D eigenvalue weighted by molar-refractivity contribution is -0.171. The molecule has 29 heavy (non-hydrogen) atoms. The van der Waals surface area contributed by atoms with E-state index in [1.54, 1.807) is 0 Å². The average Bonchev–Trinajstić information content (AvgIpc) is 2.68. The molecule has 0 aliphatic carbocycles. The van der Waals surface area contributed by atoms with Crippen LogP contribution in [-0.4, -0.2) is 37.2 Å². The quantitative estimate of drug-likeness (QED) is 0.729. The summed E-state index contributed by atoms with van der Waals surface area (Å²) in [6, 6.07) is 5.63. The highest BCUT2D eigenvalue weighted by Crippen LogP contribution is 2.31. The van der Waals surface area contributed by atoms with E-state index in [9.17, 15) is 22.8 Å². The van der Waals surface area contributed by atoms with Gasteiger partial charge in [-0.1, -0.05) is 29.8 Å². The highest BCUT2D eigenvalue weighted by Gasteiger charge is 2.46. The molecule has 2 heterocycles. The van der Waals surface area contributed by atoms with Crippen molar-refractivity contribution in [1.29, 1.82) is 0 Å². The first-order valence-electron chi connectivity index (χ1n) is 10.1. The molecule has 0 radical (unpaired) electrons. The van der Waals surface area contributed by atoms with Crippen molar-refractivity contribution in [1.82, 2.24) is 10.6 Å². The van der Waals surface area contributed by atoms with Gasteiger partial charge in [-0.2, -0.15) is 13.2 Å². The van der Waals surface area contributed by atoms with E-state index in [-0.39, 0.29) is 18.9 Å². The summed E-state index contributed by atoms with van der Waals surface area (Å²) in [7, 11) is 0. The second-order valence-corrected chi connectivity index (χ2v) is 8.00. The van der Waals surface area contributed by atoms with E-state index >= 15 is 0 Å². The van der Waals surface area contributed by atoms with Gasteiger partial charge in [-0.05, 0) is 50.5 Å². The Morgan fingerprint density at radius 1 is 1.17 bits per heavy atom. The molecule has 1 aromatic carbocycles. The van der Waals surface area contributed by atoms with Crippen LogP contribution in [0.25, 0.3) is 0 Å². The molecule has 160 valence electrons. The Morgan fingerprint density at radius 3 is 2.41 bits per heavy atom. The van der Waals surface area contributed by atoms with Gasteiger partial charge in [0.15, 0.2) is 0 Å². The van der Waals surface area contributed by atoms with E-state index in [0.717, 1.165) is 24.0 Å². The topological polar surface area (TPSA) is 67.4 Å². The van der Waals surface area contributed by atoms with E-state index in [1.807, 2.05) is 36.5 Å². The first-order valence-corrected chi connectivity index (χ1v) is 10.1. The van der Waals surface area contributed by atoms with E-state index in [4.69, 9.17) is 4.74 Å². The zero-order chi connectivity index (χ0) is 21.0. The molecule has 2 aliphatic rings. The van der Waals surface area contributed by atoms with Gasteiger partial charge in [0.25, 0.3) is 0 Å². The van der Waals surface area contributed by atoms with Crippen LogP contribution in [0.4, 0.5) is 13.2 Å². The van der Waals surface area contributed by atoms with Gasteiger partial charge in [-0.25, -0.2) is 0 Å². The third-order valence-corrected chi connectivity index (χ3v) is 5.79. The lowest BCUT2D eigenvalue weighted by atomic mass is 9.88. The molecule has 5 nitrogen and oxygen atoms in total. The van der Waals surface area contributed by atoms with Gasteiger partial charge >= 0.3 is 6.18 Å². The highest BCUT2D eigenvalue weighted by molar-refractivity contribution is 6.01. The molecule has 0 bridgehead atoms. The Bertz CT molecular complexity index is 715. The number of nitrogens with one attached hydrogen (secondary N) is 2. The van der Waals surface area contributed by atoms with E-state index in [2.05, 4.69) is 5.32 Å². The summed E-state index contributed by atoms with van der Waals surface area (Å²) < 4.78 is 43.9. The van der Waals surface area contributed by atoms with Crippen molar-refractivity contribution < 1.29 is 27.5 Å². The van der Waals surface area contributed by atoms with Crippen LogP contribution in [0.3, 0.4) is 0 Å². The summed E-state index contributed by atoms with van der Waals surface area (Å²) in [4.78, 5) is 24.9. The molecular weight excluding hydrogens is 385 g/mol. The van der Waals surface area contributed by atoms with Crippen molar-refractivity contribution in [2.75, 3.05) is 13.2 Å². The number of carbonyl (C=O) groups is 2. The molecule has 2 fully saturated rings. The number of benzene rings is 1. The Labute approximate surface area is 168 Å². The first-order chi connectivity index (χ1) is 13.7. The zero-order valence-corrected chi connectivity index (χ0v) is 16.4. The number of aryl methyl sites for hydroxylation is 1. The second-order valence-electron chi connectivity index (χ2n) is 8.00. The third kappa shape index (κ3) is 5.72. The largest absolute Gasteiger partial charge is 0.408 e. The number of rotatable bonds is 5. The number of carbonyl (C=O) groups excluding carboxylic acids is 2. The molecule has 0 spiro atoms. The SMILES string of the molecule is Cc1ccc(C(CC2CCOCC2)NC(=O)C2CCC(C(F)(F)F)NC2=O)cc1. The van der Waals surface area contributed by atoms with Crippen LogP contribution < -0.4 is 10.6 Å². The van der Waals surface area contributed by atoms with Crippen molar-refractivity contribution in [3.8, 4) is 0 Å². The average molecular weight is 412 g/mol. The molecule has 1 aromatic rings. The standard InChI is InChI=1S/C21H27F3N2O3/c1-13-2-4-15(5-3-13)17(12-14-8-10-29-11-9-14)25-19(27)16-6-7-18(21(22,23)24)26-20(16)28/h2-5,14,16-18H,6-12H2,1H3,(H,25,27)(H,26,28). The fourth-order valence-electron chi connectivity index (χ4n) is 3.97. The summed E-state index contributed by atoms with van der Waals surface area (Å²) in [6.07, 6.45) is -2.39. The molecule has 0 saturated carbocycles. The number of alkyl halides is 3. The molecule has 0 aromatic heterocycles. The molecule has 8 heteroatoms. The van der Waals surface area contributed by atoms with Crippen LogP contribution in [0.2, 0.25) is 0 Å². The number of amides is 2. The van der Waals surface area contributed by atoms with E-state index < -0.39 is 30.0 Å². The van der Waals surface area contributed by atoms with Gasteiger partial charge < -0.3 is 15.4 Å². The van der Waals surface area contributed by atoms with Gasteiger partial charge in [0.1, 0.15) is 12.0 Å². The smallest absolute Gasteiger partial charge is 0.381 e. The van der Waals surface area contributed by atoms with Gasteiger partial charge in [-0.15, -0.1) is 0 Å². The van der Waals surface area contributed by atoms with Crippen molar-refractivity contribution in [3.05, 3.63) is 35.4 Å². The third-order valence-electron chi connectivity index (χ3n) is 5.79. The Kier molecular flexibility index (Phi) is 6.82. The Balaban J connectivity index is 1.68. The summed E-state index contributed by atoms with van der Waals surface area (Å²) in [6.45, 7) is 3.34. The van der Waals surface area contributed by atoms with Gasteiger partial charge in [0.05, 0.1) is 6.04 Å².